The highest BCUT2D eigenvalue weighted by Crippen LogP contribution is 2.30. The maximum absolute atomic E-state index is 12.5. The zero-order valence-corrected chi connectivity index (χ0v) is 14.2. The van der Waals surface area contributed by atoms with Crippen LogP contribution in [0.3, 0.4) is 0 Å². The number of hydrogen-bond donors (Lipinski definition) is 2. The van der Waals surface area contributed by atoms with Gasteiger partial charge in [-0.05, 0) is 55.6 Å². The number of ether oxygens (including phenoxy) is 1. The number of carbonyl (C=O) groups excluding carboxylic acids is 1. The standard InChI is InChI=1S/C16H21ClN2O2.ClH/c1-10-8-18-5-4-14(10)19-16(20)12-6-11-7-13(17)2-3-15(11)21-9-12;/h2-3,7,10,12,14,18H,4-6,8-9H2,1H3,(H,19,20);1H. The van der Waals surface area contributed by atoms with Crippen LogP contribution in [0.5, 0.6) is 5.75 Å². The van der Waals surface area contributed by atoms with Crippen molar-refractivity contribution >= 4 is 29.9 Å². The molecule has 3 rings (SSSR count). The molecule has 6 heteroatoms. The lowest BCUT2D eigenvalue weighted by atomic mass is 9.92. The highest BCUT2D eigenvalue weighted by Gasteiger charge is 2.29. The molecule has 1 aromatic rings. The Labute approximate surface area is 142 Å². The molecule has 0 bridgehead atoms. The van der Waals surface area contributed by atoms with Crippen molar-refractivity contribution in [3.05, 3.63) is 28.8 Å². The second-order valence-corrected chi connectivity index (χ2v) is 6.49. The first-order valence-electron chi connectivity index (χ1n) is 7.56. The monoisotopic (exact) mass is 344 g/mol. The minimum absolute atomic E-state index is 0. The van der Waals surface area contributed by atoms with Gasteiger partial charge in [0.05, 0.1) is 5.92 Å². The van der Waals surface area contributed by atoms with E-state index in [0.29, 0.717) is 24.0 Å². The third kappa shape index (κ3) is 3.86. The summed E-state index contributed by atoms with van der Waals surface area (Å²) in [7, 11) is 0. The van der Waals surface area contributed by atoms with Gasteiger partial charge in [0, 0.05) is 11.1 Å². The molecule has 1 aromatic carbocycles. The van der Waals surface area contributed by atoms with Crippen molar-refractivity contribution in [1.29, 1.82) is 0 Å². The zero-order valence-electron chi connectivity index (χ0n) is 12.6. The van der Waals surface area contributed by atoms with Gasteiger partial charge in [-0.25, -0.2) is 0 Å². The third-order valence-corrected chi connectivity index (χ3v) is 4.65. The Morgan fingerprint density at radius 1 is 1.45 bits per heavy atom. The SMILES string of the molecule is CC1CNCCC1NC(=O)C1COc2ccc(Cl)cc2C1.Cl. The fourth-order valence-electron chi connectivity index (χ4n) is 3.06. The summed E-state index contributed by atoms with van der Waals surface area (Å²) in [6.07, 6.45) is 1.68. The number of piperidine rings is 1. The van der Waals surface area contributed by atoms with Crippen molar-refractivity contribution in [2.45, 2.75) is 25.8 Å². The molecular weight excluding hydrogens is 323 g/mol. The van der Waals surface area contributed by atoms with Gasteiger partial charge >= 0.3 is 0 Å². The Kier molecular flexibility index (Phi) is 5.95. The van der Waals surface area contributed by atoms with E-state index >= 15 is 0 Å². The highest BCUT2D eigenvalue weighted by atomic mass is 35.5. The van der Waals surface area contributed by atoms with Gasteiger partial charge in [0.25, 0.3) is 0 Å². The molecule has 3 unspecified atom stereocenters. The smallest absolute Gasteiger partial charge is 0.227 e. The molecule has 0 spiro atoms. The van der Waals surface area contributed by atoms with Gasteiger partial charge in [-0.2, -0.15) is 0 Å². The molecule has 22 heavy (non-hydrogen) atoms. The lowest BCUT2D eigenvalue weighted by Crippen LogP contribution is -2.51. The van der Waals surface area contributed by atoms with E-state index in [1.165, 1.54) is 0 Å². The second kappa shape index (κ2) is 7.53. The first-order chi connectivity index (χ1) is 10.1. The molecule has 0 aliphatic carbocycles. The molecule has 4 nitrogen and oxygen atoms in total. The number of benzene rings is 1. The Hall–Kier alpha value is -0.970. The van der Waals surface area contributed by atoms with Crippen LogP contribution in [0, 0.1) is 11.8 Å². The fourth-order valence-corrected chi connectivity index (χ4v) is 3.26. The van der Waals surface area contributed by atoms with Crippen molar-refractivity contribution in [3.63, 3.8) is 0 Å². The number of amides is 1. The van der Waals surface area contributed by atoms with Gasteiger partial charge in [0.15, 0.2) is 0 Å². The van der Waals surface area contributed by atoms with Crippen molar-refractivity contribution < 1.29 is 9.53 Å². The topological polar surface area (TPSA) is 50.4 Å². The van der Waals surface area contributed by atoms with Crippen molar-refractivity contribution in [2.24, 2.45) is 11.8 Å². The summed E-state index contributed by atoms with van der Waals surface area (Å²) in [6, 6.07) is 5.85. The van der Waals surface area contributed by atoms with Gasteiger partial charge in [0.2, 0.25) is 5.91 Å². The Morgan fingerprint density at radius 2 is 2.27 bits per heavy atom. The van der Waals surface area contributed by atoms with Crippen LogP contribution < -0.4 is 15.4 Å². The minimum atomic E-state index is -0.127. The fraction of sp³-hybridized carbons (Fsp3) is 0.562. The molecule has 0 saturated carbocycles. The summed E-state index contributed by atoms with van der Waals surface area (Å²) in [6.45, 7) is 4.54. The third-order valence-electron chi connectivity index (χ3n) is 4.41. The lowest BCUT2D eigenvalue weighted by molar-refractivity contribution is -0.127. The van der Waals surface area contributed by atoms with Gasteiger partial charge in [-0.15, -0.1) is 12.4 Å². The average molecular weight is 345 g/mol. The molecule has 2 aliphatic rings. The molecule has 1 fully saturated rings. The van der Waals surface area contributed by atoms with E-state index in [-0.39, 0.29) is 30.3 Å². The Balaban J connectivity index is 0.00000176. The van der Waals surface area contributed by atoms with E-state index in [9.17, 15) is 4.79 Å². The molecule has 122 valence electrons. The molecule has 2 heterocycles. The van der Waals surface area contributed by atoms with E-state index in [4.69, 9.17) is 16.3 Å². The van der Waals surface area contributed by atoms with Gasteiger partial charge in [-0.1, -0.05) is 18.5 Å². The molecule has 0 aromatic heterocycles. The van der Waals surface area contributed by atoms with E-state index in [0.717, 1.165) is 30.8 Å². The van der Waals surface area contributed by atoms with Crippen molar-refractivity contribution in [2.75, 3.05) is 19.7 Å². The number of nitrogens with one attached hydrogen (secondary N) is 2. The molecular formula is C16H22Cl2N2O2. The summed E-state index contributed by atoms with van der Waals surface area (Å²) < 4.78 is 5.70. The summed E-state index contributed by atoms with van der Waals surface area (Å²) in [5, 5.41) is 7.22. The zero-order chi connectivity index (χ0) is 14.8. The van der Waals surface area contributed by atoms with Crippen molar-refractivity contribution in [1.82, 2.24) is 10.6 Å². The summed E-state index contributed by atoms with van der Waals surface area (Å²) >= 11 is 6.02. The maximum atomic E-state index is 12.5. The van der Waals surface area contributed by atoms with Gasteiger partial charge in [-0.3, -0.25) is 4.79 Å². The highest BCUT2D eigenvalue weighted by molar-refractivity contribution is 6.30. The first-order valence-corrected chi connectivity index (χ1v) is 7.93. The summed E-state index contributed by atoms with van der Waals surface area (Å²) in [5.41, 5.74) is 1.02. The molecule has 1 saturated heterocycles. The number of halogens is 2. The van der Waals surface area contributed by atoms with Crippen LogP contribution in [0.4, 0.5) is 0 Å². The second-order valence-electron chi connectivity index (χ2n) is 6.05. The summed E-state index contributed by atoms with van der Waals surface area (Å²) in [5.74, 6) is 1.28. The van der Waals surface area contributed by atoms with Crippen LogP contribution in [0.1, 0.15) is 18.9 Å². The number of fused-ring (bicyclic) bond motifs is 1. The first kappa shape index (κ1) is 17.4. The number of rotatable bonds is 2. The maximum Gasteiger partial charge on any atom is 0.227 e. The lowest BCUT2D eigenvalue weighted by Gasteiger charge is -2.32. The van der Waals surface area contributed by atoms with Crippen LogP contribution in [-0.4, -0.2) is 31.6 Å². The van der Waals surface area contributed by atoms with Crippen LogP contribution >= 0.6 is 24.0 Å². The van der Waals surface area contributed by atoms with Crippen LogP contribution in [0.2, 0.25) is 5.02 Å². The Morgan fingerprint density at radius 3 is 3.05 bits per heavy atom. The number of hydrogen-bond acceptors (Lipinski definition) is 3. The van der Waals surface area contributed by atoms with E-state index < -0.39 is 0 Å². The molecule has 2 N–H and O–H groups in total. The minimum Gasteiger partial charge on any atom is -0.492 e. The molecule has 3 atom stereocenters. The predicted octanol–water partition coefficient (Wildman–Crippen LogP) is 2.43. The largest absolute Gasteiger partial charge is 0.492 e. The van der Waals surface area contributed by atoms with E-state index in [1.54, 1.807) is 0 Å². The quantitative estimate of drug-likeness (QED) is 0.866. The van der Waals surface area contributed by atoms with E-state index in [2.05, 4.69) is 17.6 Å². The normalized spacial score (nSPS) is 27.1. The van der Waals surface area contributed by atoms with Gasteiger partial charge < -0.3 is 15.4 Å². The molecule has 1 amide bonds. The van der Waals surface area contributed by atoms with Crippen LogP contribution in [0.15, 0.2) is 18.2 Å². The van der Waals surface area contributed by atoms with Crippen molar-refractivity contribution in [3.8, 4) is 5.75 Å². The van der Waals surface area contributed by atoms with E-state index in [1.807, 2.05) is 18.2 Å². The average Bonchev–Trinajstić information content (AvgIpc) is 2.48. The van der Waals surface area contributed by atoms with Crippen LogP contribution in [-0.2, 0) is 11.2 Å². The predicted molar refractivity (Wildman–Crippen MR) is 90.0 cm³/mol. The van der Waals surface area contributed by atoms with Crippen LogP contribution in [0.25, 0.3) is 0 Å². The molecule has 2 aliphatic heterocycles. The summed E-state index contributed by atoms with van der Waals surface area (Å²) in [4.78, 5) is 12.5. The molecule has 0 radical (unpaired) electrons. The number of carbonyl (C=O) groups is 1. The van der Waals surface area contributed by atoms with Gasteiger partial charge in [0.1, 0.15) is 12.4 Å². The Bertz CT molecular complexity index is 539.